The molecule has 110 valence electrons. The lowest BCUT2D eigenvalue weighted by atomic mass is 9.62. The maximum absolute atomic E-state index is 5.57. The highest BCUT2D eigenvalue weighted by Crippen LogP contribution is 2.47. The van der Waals surface area contributed by atoms with Gasteiger partial charge in [0.2, 0.25) is 0 Å². The Morgan fingerprint density at radius 1 is 1.05 bits per heavy atom. The van der Waals surface area contributed by atoms with Crippen molar-refractivity contribution >= 4 is 0 Å². The van der Waals surface area contributed by atoms with Gasteiger partial charge in [0.1, 0.15) is 0 Å². The predicted molar refractivity (Wildman–Crippen MR) is 79.2 cm³/mol. The monoisotopic (exact) mass is 265 g/mol. The first kappa shape index (κ1) is 13.9. The van der Waals surface area contributed by atoms with E-state index in [9.17, 15) is 0 Å². The Balaban J connectivity index is 1.61. The van der Waals surface area contributed by atoms with Crippen molar-refractivity contribution in [2.24, 2.45) is 23.2 Å². The number of ether oxygens (including phenoxy) is 1. The number of nitrogens with one attached hydrogen (secondary N) is 1. The van der Waals surface area contributed by atoms with Gasteiger partial charge in [-0.25, -0.2) is 0 Å². The van der Waals surface area contributed by atoms with Gasteiger partial charge in [-0.3, -0.25) is 0 Å². The summed E-state index contributed by atoms with van der Waals surface area (Å²) in [6.07, 6.45) is 9.74. The Labute approximate surface area is 118 Å². The molecular weight excluding hydrogens is 234 g/mol. The first-order valence-electron chi connectivity index (χ1n) is 8.45. The van der Waals surface area contributed by atoms with E-state index in [4.69, 9.17) is 4.74 Å². The van der Waals surface area contributed by atoms with Gasteiger partial charge in [0.25, 0.3) is 0 Å². The molecular formula is C17H31NO. The maximum atomic E-state index is 5.57. The maximum Gasteiger partial charge on any atom is 0.0468 e. The van der Waals surface area contributed by atoms with Crippen LogP contribution in [0.4, 0.5) is 0 Å². The van der Waals surface area contributed by atoms with E-state index >= 15 is 0 Å². The third-order valence-electron chi connectivity index (χ3n) is 5.70. The van der Waals surface area contributed by atoms with E-state index in [1.54, 1.807) is 0 Å². The standard InChI is InChI=1S/C17H31NO/c1-17(2)8-5-14(12-18-15-3-4-15)16(11-17)13-6-9-19-10-7-13/h13-16,18H,3-12H2,1-2H3. The van der Waals surface area contributed by atoms with E-state index in [1.807, 2.05) is 0 Å². The van der Waals surface area contributed by atoms with E-state index in [-0.39, 0.29) is 0 Å². The van der Waals surface area contributed by atoms with Crippen molar-refractivity contribution in [2.75, 3.05) is 19.8 Å². The minimum atomic E-state index is 0.569. The van der Waals surface area contributed by atoms with Gasteiger partial charge in [-0.05, 0) is 74.7 Å². The molecule has 3 aliphatic rings. The molecule has 2 saturated carbocycles. The van der Waals surface area contributed by atoms with Crippen molar-refractivity contribution in [1.29, 1.82) is 0 Å². The molecule has 1 aliphatic heterocycles. The smallest absolute Gasteiger partial charge is 0.0468 e. The van der Waals surface area contributed by atoms with Crippen LogP contribution in [0, 0.1) is 23.2 Å². The summed E-state index contributed by atoms with van der Waals surface area (Å²) < 4.78 is 5.57. The minimum absolute atomic E-state index is 0.569. The van der Waals surface area contributed by atoms with Gasteiger partial charge in [-0.15, -0.1) is 0 Å². The Bertz CT molecular complexity index is 290. The summed E-state index contributed by atoms with van der Waals surface area (Å²) in [6.45, 7) is 8.24. The van der Waals surface area contributed by atoms with Gasteiger partial charge in [-0.1, -0.05) is 13.8 Å². The van der Waals surface area contributed by atoms with Crippen LogP contribution < -0.4 is 5.32 Å². The fourth-order valence-electron chi connectivity index (χ4n) is 4.25. The average molecular weight is 265 g/mol. The van der Waals surface area contributed by atoms with Crippen molar-refractivity contribution in [3.8, 4) is 0 Å². The number of hydrogen-bond acceptors (Lipinski definition) is 2. The zero-order valence-corrected chi connectivity index (χ0v) is 12.8. The van der Waals surface area contributed by atoms with Crippen LogP contribution in [0.2, 0.25) is 0 Å². The normalized spacial score (nSPS) is 36.3. The molecule has 0 aromatic rings. The fraction of sp³-hybridized carbons (Fsp3) is 1.00. The Kier molecular flexibility index (Phi) is 4.19. The molecule has 2 unspecified atom stereocenters. The topological polar surface area (TPSA) is 21.3 Å². The van der Waals surface area contributed by atoms with Crippen molar-refractivity contribution in [2.45, 2.75) is 64.8 Å². The van der Waals surface area contributed by atoms with Gasteiger partial charge < -0.3 is 10.1 Å². The van der Waals surface area contributed by atoms with Crippen LogP contribution >= 0.6 is 0 Å². The zero-order valence-electron chi connectivity index (χ0n) is 12.8. The van der Waals surface area contributed by atoms with E-state index < -0.39 is 0 Å². The number of hydrogen-bond donors (Lipinski definition) is 1. The largest absolute Gasteiger partial charge is 0.381 e. The summed E-state index contributed by atoms with van der Waals surface area (Å²) >= 11 is 0. The first-order chi connectivity index (χ1) is 9.14. The van der Waals surface area contributed by atoms with Gasteiger partial charge in [0.05, 0.1) is 0 Å². The highest BCUT2D eigenvalue weighted by Gasteiger charge is 2.39. The second kappa shape index (κ2) is 5.73. The molecule has 0 bridgehead atoms. The lowest BCUT2D eigenvalue weighted by molar-refractivity contribution is 0.000746. The third-order valence-corrected chi connectivity index (χ3v) is 5.70. The van der Waals surface area contributed by atoms with Gasteiger partial charge >= 0.3 is 0 Å². The predicted octanol–water partition coefficient (Wildman–Crippen LogP) is 3.61. The molecule has 3 rings (SSSR count). The molecule has 1 heterocycles. The summed E-state index contributed by atoms with van der Waals surface area (Å²) in [5, 5.41) is 3.79. The fourth-order valence-corrected chi connectivity index (χ4v) is 4.25. The van der Waals surface area contributed by atoms with Crippen LogP contribution in [0.1, 0.15) is 58.8 Å². The summed E-state index contributed by atoms with van der Waals surface area (Å²) in [4.78, 5) is 0. The van der Waals surface area contributed by atoms with E-state index in [2.05, 4.69) is 19.2 Å². The van der Waals surface area contributed by atoms with Crippen molar-refractivity contribution < 1.29 is 4.74 Å². The van der Waals surface area contributed by atoms with Crippen LogP contribution in [0.15, 0.2) is 0 Å². The van der Waals surface area contributed by atoms with Crippen LogP contribution in [0.25, 0.3) is 0 Å². The van der Waals surface area contributed by atoms with Gasteiger partial charge in [0.15, 0.2) is 0 Å². The van der Waals surface area contributed by atoms with E-state index in [0.717, 1.165) is 37.0 Å². The van der Waals surface area contributed by atoms with E-state index in [0.29, 0.717) is 5.41 Å². The second-order valence-electron chi connectivity index (χ2n) is 7.96. The lowest BCUT2D eigenvalue weighted by Gasteiger charge is -2.45. The summed E-state index contributed by atoms with van der Waals surface area (Å²) in [5.41, 5.74) is 0.569. The molecule has 2 nitrogen and oxygen atoms in total. The molecule has 0 aromatic heterocycles. The van der Waals surface area contributed by atoms with Crippen molar-refractivity contribution in [1.82, 2.24) is 5.32 Å². The van der Waals surface area contributed by atoms with Crippen molar-refractivity contribution in [3.05, 3.63) is 0 Å². The molecule has 0 amide bonds. The van der Waals surface area contributed by atoms with Crippen LogP contribution in [-0.2, 0) is 4.74 Å². The van der Waals surface area contributed by atoms with Crippen LogP contribution in [-0.4, -0.2) is 25.8 Å². The average Bonchev–Trinajstić information content (AvgIpc) is 3.22. The lowest BCUT2D eigenvalue weighted by Crippen LogP contribution is -2.41. The summed E-state index contributed by atoms with van der Waals surface area (Å²) in [6, 6.07) is 0.866. The molecule has 2 atom stereocenters. The van der Waals surface area contributed by atoms with Gasteiger partial charge in [-0.2, -0.15) is 0 Å². The SMILES string of the molecule is CC1(C)CCC(CNC2CC2)C(C2CCOCC2)C1. The summed E-state index contributed by atoms with van der Waals surface area (Å²) in [5.74, 6) is 2.80. The van der Waals surface area contributed by atoms with Gasteiger partial charge in [0, 0.05) is 19.3 Å². The summed E-state index contributed by atoms with van der Waals surface area (Å²) in [7, 11) is 0. The number of rotatable bonds is 4. The third kappa shape index (κ3) is 3.72. The molecule has 1 N–H and O–H groups in total. The molecule has 0 aromatic carbocycles. The van der Waals surface area contributed by atoms with Crippen LogP contribution in [0.5, 0.6) is 0 Å². The Morgan fingerprint density at radius 3 is 2.47 bits per heavy atom. The molecule has 2 aliphatic carbocycles. The van der Waals surface area contributed by atoms with E-state index in [1.165, 1.54) is 51.5 Å². The molecule has 3 fully saturated rings. The van der Waals surface area contributed by atoms with Crippen LogP contribution in [0.3, 0.4) is 0 Å². The first-order valence-corrected chi connectivity index (χ1v) is 8.45. The minimum Gasteiger partial charge on any atom is -0.381 e. The quantitative estimate of drug-likeness (QED) is 0.838. The second-order valence-corrected chi connectivity index (χ2v) is 7.96. The molecule has 19 heavy (non-hydrogen) atoms. The molecule has 0 radical (unpaired) electrons. The van der Waals surface area contributed by atoms with Crippen molar-refractivity contribution in [3.63, 3.8) is 0 Å². The zero-order chi connectivity index (χ0) is 13.3. The molecule has 0 spiro atoms. The highest BCUT2D eigenvalue weighted by molar-refractivity contribution is 4.91. The molecule has 2 heteroatoms. The molecule has 1 saturated heterocycles. The highest BCUT2D eigenvalue weighted by atomic mass is 16.5. The Hall–Kier alpha value is -0.0800. The Morgan fingerprint density at radius 2 is 1.79 bits per heavy atom.